The van der Waals surface area contributed by atoms with Gasteiger partial charge in [0.2, 0.25) is 0 Å². The molecule has 0 aliphatic rings. The van der Waals surface area contributed by atoms with E-state index in [1.807, 2.05) is 31.2 Å². The van der Waals surface area contributed by atoms with Gasteiger partial charge in [0.25, 0.3) is 5.91 Å². The second-order valence-electron chi connectivity index (χ2n) is 5.37. The highest BCUT2D eigenvalue weighted by Crippen LogP contribution is 2.21. The average Bonchev–Trinajstić information content (AvgIpc) is 2.95. The van der Waals surface area contributed by atoms with Crippen LogP contribution in [-0.4, -0.2) is 21.7 Å². The van der Waals surface area contributed by atoms with Gasteiger partial charge in [0.1, 0.15) is 5.69 Å². The Morgan fingerprint density at radius 2 is 1.91 bits per heavy atom. The first kappa shape index (κ1) is 15.3. The highest BCUT2D eigenvalue weighted by molar-refractivity contribution is 7.14. The molecular formula is C17H15N3O2S. The van der Waals surface area contributed by atoms with E-state index in [1.54, 1.807) is 12.3 Å². The van der Waals surface area contributed by atoms with Gasteiger partial charge in [0, 0.05) is 17.7 Å². The number of aromatic nitrogens is 2. The van der Waals surface area contributed by atoms with E-state index in [4.69, 9.17) is 0 Å². The Balaban J connectivity index is 1.93. The van der Waals surface area contributed by atoms with Crippen LogP contribution in [0.2, 0.25) is 0 Å². The number of carbonyl (C=O) groups is 2. The van der Waals surface area contributed by atoms with Crippen LogP contribution in [0.1, 0.15) is 39.0 Å². The van der Waals surface area contributed by atoms with Gasteiger partial charge in [-0.3, -0.25) is 19.9 Å². The molecule has 0 unspecified atom stereocenters. The fraction of sp³-hybridized carbons (Fsp3) is 0.176. The number of anilines is 1. The summed E-state index contributed by atoms with van der Waals surface area (Å²) in [5.41, 5.74) is 3.48. The van der Waals surface area contributed by atoms with Crippen molar-refractivity contribution in [2.75, 3.05) is 5.32 Å². The number of hydrogen-bond acceptors (Lipinski definition) is 5. The van der Waals surface area contributed by atoms with Crippen LogP contribution >= 0.6 is 11.3 Å². The number of thiazole rings is 1. The number of Topliss-reactive ketones (excluding diaryl/α,β-unsaturated/α-hetero) is 1. The molecule has 1 aromatic carbocycles. The molecule has 0 aliphatic carbocycles. The minimum Gasteiger partial charge on any atom is -0.298 e. The number of nitrogens with one attached hydrogen (secondary N) is 1. The molecule has 0 bridgehead atoms. The molecule has 23 heavy (non-hydrogen) atoms. The summed E-state index contributed by atoms with van der Waals surface area (Å²) < 4.78 is 0. The Morgan fingerprint density at radius 1 is 1.13 bits per heavy atom. The van der Waals surface area contributed by atoms with Crippen LogP contribution in [0.4, 0.5) is 5.13 Å². The maximum Gasteiger partial charge on any atom is 0.259 e. The molecule has 1 N–H and O–H groups in total. The zero-order valence-corrected chi connectivity index (χ0v) is 13.8. The molecule has 5 nitrogen and oxygen atoms in total. The first-order valence-electron chi connectivity index (χ1n) is 7.10. The Kier molecular flexibility index (Phi) is 3.92. The summed E-state index contributed by atoms with van der Waals surface area (Å²) in [6.07, 6.45) is 0. The Morgan fingerprint density at radius 3 is 2.61 bits per heavy atom. The number of fused-ring (bicyclic) bond motifs is 1. The molecule has 0 spiro atoms. The van der Waals surface area contributed by atoms with Gasteiger partial charge < -0.3 is 0 Å². The number of amides is 1. The fourth-order valence-electron chi connectivity index (χ4n) is 2.28. The number of ketones is 1. The van der Waals surface area contributed by atoms with E-state index in [0.717, 1.165) is 16.5 Å². The van der Waals surface area contributed by atoms with Crippen LogP contribution in [-0.2, 0) is 0 Å². The van der Waals surface area contributed by atoms with Crippen molar-refractivity contribution in [3.05, 3.63) is 52.2 Å². The van der Waals surface area contributed by atoms with Crippen molar-refractivity contribution in [3.8, 4) is 0 Å². The van der Waals surface area contributed by atoms with Crippen molar-refractivity contribution >= 4 is 39.1 Å². The SMILES string of the molecule is CC(=O)c1csc(NC(=O)c2cc3cc(C)ccc3nc2C)n1. The lowest BCUT2D eigenvalue weighted by atomic mass is 10.1. The molecule has 0 aliphatic heterocycles. The van der Waals surface area contributed by atoms with Gasteiger partial charge in [-0.1, -0.05) is 11.6 Å². The number of carbonyl (C=O) groups excluding carboxylic acids is 2. The molecule has 0 saturated carbocycles. The molecular weight excluding hydrogens is 310 g/mol. The normalized spacial score (nSPS) is 10.7. The minimum absolute atomic E-state index is 0.124. The second-order valence-corrected chi connectivity index (χ2v) is 6.22. The number of pyridine rings is 1. The maximum absolute atomic E-state index is 12.5. The van der Waals surface area contributed by atoms with Crippen molar-refractivity contribution < 1.29 is 9.59 Å². The molecule has 3 rings (SSSR count). The predicted molar refractivity (Wildman–Crippen MR) is 91.3 cm³/mol. The Labute approximate surface area is 137 Å². The lowest BCUT2D eigenvalue weighted by Crippen LogP contribution is -2.14. The predicted octanol–water partition coefficient (Wildman–Crippen LogP) is 3.76. The van der Waals surface area contributed by atoms with E-state index < -0.39 is 0 Å². The highest BCUT2D eigenvalue weighted by atomic mass is 32.1. The molecule has 2 heterocycles. The second kappa shape index (κ2) is 5.89. The topological polar surface area (TPSA) is 72.0 Å². The zero-order chi connectivity index (χ0) is 16.6. The monoisotopic (exact) mass is 325 g/mol. The van der Waals surface area contributed by atoms with Crippen LogP contribution in [0.3, 0.4) is 0 Å². The first-order chi connectivity index (χ1) is 10.9. The number of aryl methyl sites for hydroxylation is 2. The number of rotatable bonds is 3. The lowest BCUT2D eigenvalue weighted by molar-refractivity contribution is 0.100. The van der Waals surface area contributed by atoms with Gasteiger partial charge in [-0.25, -0.2) is 4.98 Å². The summed E-state index contributed by atoms with van der Waals surface area (Å²) in [5.74, 6) is -0.399. The van der Waals surface area contributed by atoms with E-state index in [2.05, 4.69) is 15.3 Å². The van der Waals surface area contributed by atoms with Gasteiger partial charge in [-0.15, -0.1) is 11.3 Å². The largest absolute Gasteiger partial charge is 0.298 e. The molecule has 3 aromatic rings. The number of nitrogens with zero attached hydrogens (tertiary/aromatic N) is 2. The van der Waals surface area contributed by atoms with Crippen LogP contribution in [0.25, 0.3) is 10.9 Å². The van der Waals surface area contributed by atoms with Gasteiger partial charge in [-0.05, 0) is 32.0 Å². The smallest absolute Gasteiger partial charge is 0.259 e. The van der Waals surface area contributed by atoms with Crippen molar-refractivity contribution in [2.45, 2.75) is 20.8 Å². The van der Waals surface area contributed by atoms with Gasteiger partial charge in [-0.2, -0.15) is 0 Å². The van der Waals surface area contributed by atoms with Gasteiger partial charge in [0.05, 0.1) is 16.8 Å². The summed E-state index contributed by atoms with van der Waals surface area (Å²) in [5, 5.41) is 5.69. The molecule has 1 amide bonds. The first-order valence-corrected chi connectivity index (χ1v) is 7.98. The van der Waals surface area contributed by atoms with E-state index in [1.165, 1.54) is 18.3 Å². The van der Waals surface area contributed by atoms with Crippen molar-refractivity contribution in [3.63, 3.8) is 0 Å². The van der Waals surface area contributed by atoms with Crippen molar-refractivity contribution in [1.29, 1.82) is 0 Å². The summed E-state index contributed by atoms with van der Waals surface area (Å²) in [6, 6.07) is 7.77. The molecule has 6 heteroatoms. The standard InChI is InChI=1S/C17H15N3O2S/c1-9-4-5-14-12(6-9)7-13(10(2)18-14)16(22)20-17-19-15(8-23-17)11(3)21/h4-8H,1-3H3,(H,19,20,22). The molecule has 0 atom stereocenters. The third-order valence-electron chi connectivity index (χ3n) is 3.49. The van der Waals surface area contributed by atoms with Crippen LogP contribution in [0.15, 0.2) is 29.6 Å². The van der Waals surface area contributed by atoms with Crippen LogP contribution < -0.4 is 5.32 Å². The molecule has 0 saturated heterocycles. The molecule has 0 radical (unpaired) electrons. The summed E-state index contributed by atoms with van der Waals surface area (Å²) in [6.45, 7) is 5.25. The van der Waals surface area contributed by atoms with E-state index >= 15 is 0 Å². The molecule has 0 fully saturated rings. The van der Waals surface area contributed by atoms with Gasteiger partial charge in [0.15, 0.2) is 10.9 Å². The lowest BCUT2D eigenvalue weighted by Gasteiger charge is -2.07. The minimum atomic E-state index is -0.275. The van der Waals surface area contributed by atoms with E-state index in [9.17, 15) is 9.59 Å². The van der Waals surface area contributed by atoms with Crippen molar-refractivity contribution in [2.24, 2.45) is 0 Å². The average molecular weight is 325 g/mol. The Bertz CT molecular complexity index is 931. The Hall–Kier alpha value is -2.60. The number of benzene rings is 1. The van der Waals surface area contributed by atoms with Crippen LogP contribution in [0, 0.1) is 13.8 Å². The van der Waals surface area contributed by atoms with Crippen molar-refractivity contribution in [1.82, 2.24) is 9.97 Å². The number of hydrogen-bond donors (Lipinski definition) is 1. The summed E-state index contributed by atoms with van der Waals surface area (Å²) >= 11 is 1.23. The maximum atomic E-state index is 12.5. The quantitative estimate of drug-likeness (QED) is 0.744. The van der Waals surface area contributed by atoms with Gasteiger partial charge >= 0.3 is 0 Å². The zero-order valence-electron chi connectivity index (χ0n) is 13.0. The van der Waals surface area contributed by atoms with Crippen LogP contribution in [0.5, 0.6) is 0 Å². The third-order valence-corrected chi connectivity index (χ3v) is 4.25. The van der Waals surface area contributed by atoms with E-state index in [-0.39, 0.29) is 11.7 Å². The molecule has 2 aromatic heterocycles. The highest BCUT2D eigenvalue weighted by Gasteiger charge is 2.14. The summed E-state index contributed by atoms with van der Waals surface area (Å²) in [4.78, 5) is 32.3. The fourth-order valence-corrected chi connectivity index (χ4v) is 3.02. The third kappa shape index (κ3) is 3.12. The van der Waals surface area contributed by atoms with E-state index in [0.29, 0.717) is 22.1 Å². The summed E-state index contributed by atoms with van der Waals surface area (Å²) in [7, 11) is 0. The molecule has 116 valence electrons.